The van der Waals surface area contributed by atoms with Crippen LogP contribution in [0.3, 0.4) is 0 Å². The maximum Gasteiger partial charge on any atom is 0.265 e. The van der Waals surface area contributed by atoms with Crippen LogP contribution >= 0.6 is 0 Å². The summed E-state index contributed by atoms with van der Waals surface area (Å²) in [6, 6.07) is 15.7. The van der Waals surface area contributed by atoms with E-state index in [-0.39, 0.29) is 5.91 Å². The molecule has 2 rings (SSSR count). The second kappa shape index (κ2) is 7.64. The third-order valence-corrected chi connectivity index (χ3v) is 3.66. The van der Waals surface area contributed by atoms with E-state index >= 15 is 0 Å². The van der Waals surface area contributed by atoms with Gasteiger partial charge in [0.15, 0.2) is 6.10 Å². The lowest BCUT2D eigenvalue weighted by Crippen LogP contribution is -2.30. The monoisotopic (exact) mass is 297 g/mol. The fourth-order valence-corrected chi connectivity index (χ4v) is 2.22. The first kappa shape index (κ1) is 16.1. The van der Waals surface area contributed by atoms with Crippen LogP contribution in [0.15, 0.2) is 48.5 Å². The topological polar surface area (TPSA) is 38.3 Å². The lowest BCUT2D eigenvalue weighted by Gasteiger charge is -2.17. The van der Waals surface area contributed by atoms with E-state index < -0.39 is 6.10 Å². The van der Waals surface area contributed by atoms with Crippen molar-refractivity contribution < 1.29 is 9.53 Å². The fourth-order valence-electron chi connectivity index (χ4n) is 2.22. The molecule has 0 saturated carbocycles. The molecule has 0 radical (unpaired) electrons. The molecule has 1 N–H and O–H groups in total. The predicted octanol–water partition coefficient (Wildman–Crippen LogP) is 4.22. The molecule has 1 atom stereocenters. The van der Waals surface area contributed by atoms with Crippen molar-refractivity contribution in [3.05, 3.63) is 59.7 Å². The molecule has 0 aliphatic carbocycles. The SMILES string of the molecule is CCc1ccc(NC(=O)[C@@H](C)Oc2ccccc2CC)cc1. The number of anilines is 1. The van der Waals surface area contributed by atoms with Crippen molar-refractivity contribution in [1.82, 2.24) is 0 Å². The molecule has 0 saturated heterocycles. The molecular weight excluding hydrogens is 274 g/mol. The number of nitrogens with one attached hydrogen (secondary N) is 1. The van der Waals surface area contributed by atoms with Crippen molar-refractivity contribution in [2.24, 2.45) is 0 Å². The van der Waals surface area contributed by atoms with Gasteiger partial charge in [-0.05, 0) is 49.1 Å². The van der Waals surface area contributed by atoms with E-state index in [9.17, 15) is 4.79 Å². The molecule has 0 fully saturated rings. The number of hydrogen-bond donors (Lipinski definition) is 1. The molecular formula is C19H23NO2. The highest BCUT2D eigenvalue weighted by Gasteiger charge is 2.16. The first-order chi connectivity index (χ1) is 10.6. The van der Waals surface area contributed by atoms with E-state index in [1.807, 2.05) is 48.5 Å². The minimum Gasteiger partial charge on any atom is -0.481 e. The molecule has 22 heavy (non-hydrogen) atoms. The molecule has 3 nitrogen and oxygen atoms in total. The van der Waals surface area contributed by atoms with E-state index in [1.54, 1.807) is 6.92 Å². The maximum atomic E-state index is 12.2. The molecule has 0 aliphatic heterocycles. The molecule has 1 amide bonds. The molecule has 0 unspecified atom stereocenters. The summed E-state index contributed by atoms with van der Waals surface area (Å²) in [5.41, 5.74) is 3.15. The van der Waals surface area contributed by atoms with Crippen molar-refractivity contribution in [2.45, 2.75) is 39.7 Å². The Hall–Kier alpha value is -2.29. The zero-order chi connectivity index (χ0) is 15.9. The number of hydrogen-bond acceptors (Lipinski definition) is 2. The number of carbonyl (C=O) groups excluding carboxylic acids is 1. The van der Waals surface area contributed by atoms with Crippen molar-refractivity contribution >= 4 is 11.6 Å². The fraction of sp³-hybridized carbons (Fsp3) is 0.316. The number of benzene rings is 2. The van der Waals surface area contributed by atoms with Gasteiger partial charge in [0.25, 0.3) is 5.91 Å². The normalized spacial score (nSPS) is 11.8. The van der Waals surface area contributed by atoms with Crippen molar-refractivity contribution in [3.63, 3.8) is 0 Å². The standard InChI is InChI=1S/C19H23NO2/c1-4-15-10-12-17(13-11-15)20-19(21)14(3)22-18-9-7-6-8-16(18)5-2/h6-14H,4-5H2,1-3H3,(H,20,21)/t14-/m1/s1. The highest BCUT2D eigenvalue weighted by atomic mass is 16.5. The quantitative estimate of drug-likeness (QED) is 0.867. The second-order valence-electron chi connectivity index (χ2n) is 5.26. The Morgan fingerprint density at radius 1 is 1.05 bits per heavy atom. The van der Waals surface area contributed by atoms with E-state index in [4.69, 9.17) is 4.74 Å². The smallest absolute Gasteiger partial charge is 0.265 e. The summed E-state index contributed by atoms with van der Waals surface area (Å²) in [5, 5.41) is 2.89. The zero-order valence-corrected chi connectivity index (χ0v) is 13.4. The largest absolute Gasteiger partial charge is 0.481 e. The van der Waals surface area contributed by atoms with Gasteiger partial charge in [-0.25, -0.2) is 0 Å². The molecule has 0 spiro atoms. The molecule has 0 heterocycles. The van der Waals surface area contributed by atoms with Gasteiger partial charge in [0.1, 0.15) is 5.75 Å². The van der Waals surface area contributed by atoms with Gasteiger partial charge < -0.3 is 10.1 Å². The third kappa shape index (κ3) is 4.10. The van der Waals surface area contributed by atoms with Crippen LogP contribution in [0.2, 0.25) is 0 Å². The average Bonchev–Trinajstić information content (AvgIpc) is 2.56. The van der Waals surface area contributed by atoms with E-state index in [1.165, 1.54) is 5.56 Å². The average molecular weight is 297 g/mol. The first-order valence-electron chi connectivity index (χ1n) is 7.78. The Morgan fingerprint density at radius 2 is 1.73 bits per heavy atom. The Bertz CT molecular complexity index is 620. The maximum absolute atomic E-state index is 12.2. The number of amides is 1. The zero-order valence-electron chi connectivity index (χ0n) is 13.4. The molecule has 3 heteroatoms. The van der Waals surface area contributed by atoms with Gasteiger partial charge in [-0.15, -0.1) is 0 Å². The Morgan fingerprint density at radius 3 is 2.36 bits per heavy atom. The van der Waals surface area contributed by atoms with Gasteiger partial charge in [-0.2, -0.15) is 0 Å². The van der Waals surface area contributed by atoms with Gasteiger partial charge in [0.2, 0.25) is 0 Å². The van der Waals surface area contributed by atoms with E-state index in [2.05, 4.69) is 19.2 Å². The van der Waals surface area contributed by atoms with Crippen LogP contribution in [0.5, 0.6) is 5.75 Å². The summed E-state index contributed by atoms with van der Waals surface area (Å²) >= 11 is 0. The number of para-hydroxylation sites is 1. The summed E-state index contributed by atoms with van der Waals surface area (Å²) in [4.78, 5) is 12.2. The van der Waals surface area contributed by atoms with Crippen LogP contribution in [-0.2, 0) is 17.6 Å². The number of aryl methyl sites for hydroxylation is 2. The lowest BCUT2D eigenvalue weighted by molar-refractivity contribution is -0.122. The molecule has 0 aromatic heterocycles. The number of rotatable bonds is 6. The Balaban J connectivity index is 1.99. The van der Waals surface area contributed by atoms with Gasteiger partial charge in [-0.3, -0.25) is 4.79 Å². The van der Waals surface area contributed by atoms with Crippen molar-refractivity contribution in [2.75, 3.05) is 5.32 Å². The van der Waals surface area contributed by atoms with Gasteiger partial charge >= 0.3 is 0 Å². The first-order valence-corrected chi connectivity index (χ1v) is 7.78. The van der Waals surface area contributed by atoms with Crippen LogP contribution in [0.25, 0.3) is 0 Å². The van der Waals surface area contributed by atoms with Gasteiger partial charge in [0.05, 0.1) is 0 Å². The van der Waals surface area contributed by atoms with Crippen molar-refractivity contribution in [3.8, 4) is 5.75 Å². The van der Waals surface area contributed by atoms with Crippen LogP contribution < -0.4 is 10.1 Å². The summed E-state index contributed by atoms with van der Waals surface area (Å²) in [7, 11) is 0. The Kier molecular flexibility index (Phi) is 5.59. The lowest BCUT2D eigenvalue weighted by atomic mass is 10.1. The minimum atomic E-state index is -0.543. The summed E-state index contributed by atoms with van der Waals surface area (Å²) in [6.07, 6.45) is 1.32. The predicted molar refractivity (Wildman–Crippen MR) is 90.4 cm³/mol. The summed E-state index contributed by atoms with van der Waals surface area (Å²) < 4.78 is 5.80. The summed E-state index contributed by atoms with van der Waals surface area (Å²) in [6.45, 7) is 5.94. The highest BCUT2D eigenvalue weighted by molar-refractivity contribution is 5.94. The van der Waals surface area contributed by atoms with E-state index in [0.29, 0.717) is 0 Å². The molecule has 2 aromatic rings. The molecule has 116 valence electrons. The Labute approximate surface area is 132 Å². The van der Waals surface area contributed by atoms with Crippen LogP contribution in [-0.4, -0.2) is 12.0 Å². The summed E-state index contributed by atoms with van der Waals surface area (Å²) in [5.74, 6) is 0.629. The molecule has 0 bridgehead atoms. The minimum absolute atomic E-state index is 0.143. The highest BCUT2D eigenvalue weighted by Crippen LogP contribution is 2.20. The number of ether oxygens (including phenoxy) is 1. The van der Waals surface area contributed by atoms with Gasteiger partial charge in [0, 0.05) is 5.69 Å². The van der Waals surface area contributed by atoms with Gasteiger partial charge in [-0.1, -0.05) is 44.2 Å². The molecule has 0 aliphatic rings. The number of carbonyl (C=O) groups is 1. The third-order valence-electron chi connectivity index (χ3n) is 3.66. The van der Waals surface area contributed by atoms with E-state index in [0.717, 1.165) is 29.8 Å². The van der Waals surface area contributed by atoms with Crippen LogP contribution in [0.4, 0.5) is 5.69 Å². The molecule has 2 aromatic carbocycles. The van der Waals surface area contributed by atoms with Crippen LogP contribution in [0, 0.1) is 0 Å². The van der Waals surface area contributed by atoms with Crippen LogP contribution in [0.1, 0.15) is 31.9 Å². The second-order valence-corrected chi connectivity index (χ2v) is 5.26. The van der Waals surface area contributed by atoms with Crippen molar-refractivity contribution in [1.29, 1.82) is 0 Å².